The van der Waals surface area contributed by atoms with E-state index < -0.39 is 21.1 Å². The van der Waals surface area contributed by atoms with Crippen LogP contribution in [0.2, 0.25) is 0 Å². The minimum atomic E-state index is -3.84. The Morgan fingerprint density at radius 2 is 1.88 bits per heavy atom. The third kappa shape index (κ3) is 2.53. The molecular formula is C16H19N3O3S2. The number of hydrogen-bond acceptors (Lipinski definition) is 5. The van der Waals surface area contributed by atoms with Gasteiger partial charge in [0.25, 0.3) is 10.0 Å². The molecule has 1 aromatic heterocycles. The minimum absolute atomic E-state index is 0.216. The van der Waals surface area contributed by atoms with E-state index in [1.54, 1.807) is 41.9 Å². The summed E-state index contributed by atoms with van der Waals surface area (Å²) in [7, 11) is -0.627. The molecule has 1 unspecified atom stereocenters. The van der Waals surface area contributed by atoms with Crippen molar-refractivity contribution < 1.29 is 13.2 Å². The molecular weight excluding hydrogens is 346 g/mol. The SMILES string of the molecule is CCCSc1nc2c(n1C)C(=O)C(c1ccccc1)S(=O)(=O)N2C. The summed E-state index contributed by atoms with van der Waals surface area (Å²) in [6, 6.07) is 8.60. The minimum Gasteiger partial charge on any atom is -0.318 e. The van der Waals surface area contributed by atoms with Gasteiger partial charge in [-0.25, -0.2) is 13.4 Å². The fourth-order valence-corrected chi connectivity index (χ4v) is 5.16. The summed E-state index contributed by atoms with van der Waals surface area (Å²) in [5.74, 6) is 0.650. The van der Waals surface area contributed by atoms with Crippen LogP contribution in [0.4, 0.5) is 5.82 Å². The number of aromatic nitrogens is 2. The van der Waals surface area contributed by atoms with Crippen molar-refractivity contribution in [2.75, 3.05) is 17.1 Å². The standard InChI is InChI=1S/C16H19N3O3S2/c1-4-10-23-16-17-15-12(18(16)2)13(20)14(24(21,22)19(15)3)11-8-6-5-7-9-11/h5-9,14H,4,10H2,1-3H3. The number of anilines is 1. The number of nitrogens with zero attached hydrogens (tertiary/aromatic N) is 3. The third-order valence-electron chi connectivity index (χ3n) is 4.02. The first-order chi connectivity index (χ1) is 11.4. The molecule has 0 spiro atoms. The fraction of sp³-hybridized carbons (Fsp3) is 0.375. The zero-order valence-electron chi connectivity index (χ0n) is 13.8. The Morgan fingerprint density at radius 3 is 2.50 bits per heavy atom. The maximum atomic E-state index is 13.0. The molecule has 0 N–H and O–H groups in total. The highest BCUT2D eigenvalue weighted by Gasteiger charge is 2.47. The summed E-state index contributed by atoms with van der Waals surface area (Å²) in [5.41, 5.74) is 0.823. The number of carbonyl (C=O) groups is 1. The lowest BCUT2D eigenvalue weighted by molar-refractivity contribution is 0.0977. The van der Waals surface area contributed by atoms with E-state index in [0.717, 1.165) is 16.5 Å². The summed E-state index contributed by atoms with van der Waals surface area (Å²) in [6.07, 6.45) is 0.969. The predicted molar refractivity (Wildman–Crippen MR) is 95.1 cm³/mol. The van der Waals surface area contributed by atoms with Crippen LogP contribution in [-0.4, -0.2) is 36.6 Å². The molecule has 6 nitrogen and oxygen atoms in total. The van der Waals surface area contributed by atoms with Gasteiger partial charge in [0.15, 0.2) is 16.2 Å². The Bertz CT molecular complexity index is 875. The van der Waals surface area contributed by atoms with E-state index in [9.17, 15) is 13.2 Å². The molecule has 0 aliphatic carbocycles. The molecule has 3 rings (SSSR count). The maximum absolute atomic E-state index is 13.0. The van der Waals surface area contributed by atoms with Gasteiger partial charge in [-0.05, 0) is 12.0 Å². The first-order valence-corrected chi connectivity index (χ1v) is 10.1. The van der Waals surface area contributed by atoms with Gasteiger partial charge in [-0.3, -0.25) is 9.10 Å². The number of ketones is 1. The molecule has 0 fully saturated rings. The predicted octanol–water partition coefficient (Wildman–Crippen LogP) is 2.63. The van der Waals surface area contributed by atoms with Crippen LogP contribution in [0.1, 0.15) is 34.6 Å². The van der Waals surface area contributed by atoms with Crippen LogP contribution in [0.5, 0.6) is 0 Å². The van der Waals surface area contributed by atoms with Gasteiger partial charge >= 0.3 is 0 Å². The summed E-state index contributed by atoms with van der Waals surface area (Å²) in [6.45, 7) is 2.06. The molecule has 24 heavy (non-hydrogen) atoms. The van der Waals surface area contributed by atoms with Gasteiger partial charge in [0.05, 0.1) is 0 Å². The quantitative estimate of drug-likeness (QED) is 0.779. The Hall–Kier alpha value is -1.80. The van der Waals surface area contributed by atoms with Crippen LogP contribution >= 0.6 is 11.8 Å². The number of hydrogen-bond donors (Lipinski definition) is 0. The van der Waals surface area contributed by atoms with Crippen molar-refractivity contribution in [2.45, 2.75) is 23.8 Å². The zero-order chi connectivity index (χ0) is 17.5. The number of thioether (sulfide) groups is 1. The highest BCUT2D eigenvalue weighted by atomic mass is 32.2. The molecule has 1 atom stereocenters. The van der Waals surface area contributed by atoms with Gasteiger partial charge in [0.1, 0.15) is 5.69 Å². The van der Waals surface area contributed by atoms with Crippen molar-refractivity contribution >= 4 is 33.4 Å². The van der Waals surface area contributed by atoms with Crippen LogP contribution in [0.25, 0.3) is 0 Å². The molecule has 1 aromatic carbocycles. The topological polar surface area (TPSA) is 72.3 Å². The molecule has 1 aliphatic rings. The first kappa shape index (κ1) is 17.0. The van der Waals surface area contributed by atoms with Crippen molar-refractivity contribution in [1.82, 2.24) is 9.55 Å². The van der Waals surface area contributed by atoms with E-state index >= 15 is 0 Å². The molecule has 2 heterocycles. The highest BCUT2D eigenvalue weighted by molar-refractivity contribution is 7.99. The number of benzene rings is 1. The van der Waals surface area contributed by atoms with Gasteiger partial charge in [0, 0.05) is 19.8 Å². The highest BCUT2D eigenvalue weighted by Crippen LogP contribution is 2.40. The second-order valence-corrected chi connectivity index (χ2v) is 8.75. The maximum Gasteiger partial charge on any atom is 0.250 e. The second-order valence-electron chi connectivity index (χ2n) is 5.64. The molecule has 1 aliphatic heterocycles. The number of imidazole rings is 1. The van der Waals surface area contributed by atoms with E-state index in [4.69, 9.17) is 0 Å². The van der Waals surface area contributed by atoms with Crippen molar-refractivity contribution in [3.63, 3.8) is 0 Å². The lowest BCUT2D eigenvalue weighted by atomic mass is 10.1. The summed E-state index contributed by atoms with van der Waals surface area (Å²) >= 11 is 1.52. The summed E-state index contributed by atoms with van der Waals surface area (Å²) in [4.78, 5) is 17.4. The average molecular weight is 365 g/mol. The lowest BCUT2D eigenvalue weighted by Crippen LogP contribution is -2.41. The van der Waals surface area contributed by atoms with Crippen LogP contribution in [-0.2, 0) is 17.1 Å². The van der Waals surface area contributed by atoms with Gasteiger partial charge in [0.2, 0.25) is 5.78 Å². The zero-order valence-corrected chi connectivity index (χ0v) is 15.4. The van der Waals surface area contributed by atoms with E-state index in [-0.39, 0.29) is 5.82 Å². The number of Topliss-reactive ketones (excluding diaryl/α,β-unsaturated/α-hetero) is 1. The van der Waals surface area contributed by atoms with Crippen molar-refractivity contribution in [3.8, 4) is 0 Å². The van der Waals surface area contributed by atoms with Crippen LogP contribution in [0.15, 0.2) is 35.5 Å². The summed E-state index contributed by atoms with van der Waals surface area (Å²) in [5, 5.41) is -0.568. The fourth-order valence-electron chi connectivity index (χ4n) is 2.77. The smallest absolute Gasteiger partial charge is 0.250 e. The first-order valence-electron chi connectivity index (χ1n) is 7.66. The molecule has 8 heteroatoms. The molecule has 128 valence electrons. The van der Waals surface area contributed by atoms with Crippen LogP contribution < -0.4 is 4.31 Å². The van der Waals surface area contributed by atoms with E-state index in [0.29, 0.717) is 16.4 Å². The largest absolute Gasteiger partial charge is 0.318 e. The van der Waals surface area contributed by atoms with Crippen LogP contribution in [0.3, 0.4) is 0 Å². The molecule has 0 amide bonds. The monoisotopic (exact) mass is 365 g/mol. The lowest BCUT2D eigenvalue weighted by Gasteiger charge is -2.29. The van der Waals surface area contributed by atoms with E-state index in [1.807, 2.05) is 0 Å². The number of fused-ring (bicyclic) bond motifs is 1. The molecule has 2 aromatic rings. The summed E-state index contributed by atoms with van der Waals surface area (Å²) < 4.78 is 28.6. The Morgan fingerprint density at radius 1 is 1.21 bits per heavy atom. The number of rotatable bonds is 4. The van der Waals surface area contributed by atoms with E-state index in [1.165, 1.54) is 18.8 Å². The van der Waals surface area contributed by atoms with Crippen LogP contribution in [0, 0.1) is 0 Å². The Balaban J connectivity index is 2.16. The van der Waals surface area contributed by atoms with Crippen molar-refractivity contribution in [2.24, 2.45) is 7.05 Å². The molecule has 0 bridgehead atoms. The molecule has 0 saturated heterocycles. The third-order valence-corrected chi connectivity index (χ3v) is 7.28. The Labute approximate surface area is 145 Å². The normalized spacial score (nSPS) is 19.4. The van der Waals surface area contributed by atoms with E-state index in [2.05, 4.69) is 11.9 Å². The van der Waals surface area contributed by atoms with Crippen molar-refractivity contribution in [3.05, 3.63) is 41.6 Å². The second kappa shape index (κ2) is 6.25. The average Bonchev–Trinajstić information content (AvgIpc) is 2.89. The Kier molecular flexibility index (Phi) is 4.44. The molecule has 0 radical (unpaired) electrons. The number of sulfonamides is 1. The van der Waals surface area contributed by atoms with Gasteiger partial charge < -0.3 is 4.57 Å². The van der Waals surface area contributed by atoms with Gasteiger partial charge in [-0.2, -0.15) is 0 Å². The van der Waals surface area contributed by atoms with Crippen molar-refractivity contribution in [1.29, 1.82) is 0 Å². The molecule has 0 saturated carbocycles. The van der Waals surface area contributed by atoms with Gasteiger partial charge in [-0.1, -0.05) is 49.0 Å². The van der Waals surface area contributed by atoms with Gasteiger partial charge in [-0.15, -0.1) is 0 Å². The number of carbonyl (C=O) groups excluding carboxylic acids is 1.